The summed E-state index contributed by atoms with van der Waals surface area (Å²) in [5, 5.41) is 4.62. The molecule has 1 aromatic carbocycles. The van der Waals surface area contributed by atoms with E-state index in [4.69, 9.17) is 32.5 Å². The molecule has 2 aromatic rings. The minimum Gasteiger partial charge on any atom is -0.490 e. The third-order valence-corrected chi connectivity index (χ3v) is 6.09. The molecule has 2 unspecified atom stereocenters. The standard InChI is InChI=1S/C15H16Cl2IN2O3P/c1-7-11-9(2-3-19-15(7)21)20-14-12(11)10(6-8(16)13(14)17)22-4-5-23-24-18/h6-7,20,24H,2-5H2,1H3,(H,19,21). The van der Waals surface area contributed by atoms with Gasteiger partial charge in [0.05, 0.1) is 34.5 Å². The van der Waals surface area contributed by atoms with Gasteiger partial charge in [0.15, 0.2) is 0 Å². The first-order valence-corrected chi connectivity index (χ1v) is 12.2. The molecule has 3 rings (SSSR count). The van der Waals surface area contributed by atoms with Crippen LogP contribution in [0.3, 0.4) is 0 Å². The quantitative estimate of drug-likeness (QED) is 0.358. The van der Waals surface area contributed by atoms with Crippen molar-refractivity contribution in [1.82, 2.24) is 10.3 Å². The van der Waals surface area contributed by atoms with Crippen molar-refractivity contribution in [3.63, 3.8) is 0 Å². The number of ether oxygens (including phenoxy) is 1. The van der Waals surface area contributed by atoms with Crippen molar-refractivity contribution in [3.05, 3.63) is 27.4 Å². The first-order valence-electron chi connectivity index (χ1n) is 7.45. The van der Waals surface area contributed by atoms with Gasteiger partial charge in [-0.3, -0.25) is 4.79 Å². The maximum atomic E-state index is 12.2. The van der Waals surface area contributed by atoms with E-state index in [-0.39, 0.29) is 11.8 Å². The molecule has 9 heteroatoms. The van der Waals surface area contributed by atoms with Gasteiger partial charge in [0.2, 0.25) is 5.91 Å². The first-order chi connectivity index (χ1) is 11.5. The summed E-state index contributed by atoms with van der Waals surface area (Å²) in [4.78, 5) is 15.6. The number of nitrogens with one attached hydrogen (secondary N) is 2. The number of benzene rings is 1. The lowest BCUT2D eigenvalue weighted by molar-refractivity contribution is -0.121. The molecule has 130 valence electrons. The molecule has 1 aliphatic heterocycles. The van der Waals surface area contributed by atoms with E-state index in [1.807, 2.05) is 6.92 Å². The van der Waals surface area contributed by atoms with Crippen LogP contribution in [0.15, 0.2) is 6.07 Å². The smallest absolute Gasteiger partial charge is 0.227 e. The predicted molar refractivity (Wildman–Crippen MR) is 107 cm³/mol. The minimum absolute atomic E-state index is 0.00103. The summed E-state index contributed by atoms with van der Waals surface area (Å²) in [7, 11) is 0. The van der Waals surface area contributed by atoms with Crippen molar-refractivity contribution < 1.29 is 14.1 Å². The molecule has 5 nitrogen and oxygen atoms in total. The van der Waals surface area contributed by atoms with Crippen LogP contribution in [0.2, 0.25) is 10.0 Å². The molecular formula is C15H16Cl2IN2O3P. The summed E-state index contributed by atoms with van der Waals surface area (Å²) in [6.45, 7) is 3.77. The molecule has 2 atom stereocenters. The Morgan fingerprint density at radius 3 is 2.96 bits per heavy atom. The van der Waals surface area contributed by atoms with Gasteiger partial charge in [-0.25, -0.2) is 0 Å². The molecule has 0 bridgehead atoms. The number of aromatic nitrogens is 1. The van der Waals surface area contributed by atoms with E-state index in [0.29, 0.717) is 48.4 Å². The Bertz CT molecular complexity index is 784. The van der Waals surface area contributed by atoms with Crippen molar-refractivity contribution in [2.75, 3.05) is 19.8 Å². The fourth-order valence-corrected chi connectivity index (χ4v) is 4.18. The van der Waals surface area contributed by atoms with Crippen LogP contribution in [0, 0.1) is 0 Å². The van der Waals surface area contributed by atoms with Gasteiger partial charge < -0.3 is 19.6 Å². The number of rotatable bonds is 5. The molecule has 0 saturated carbocycles. The van der Waals surface area contributed by atoms with Crippen LogP contribution in [0.4, 0.5) is 0 Å². The highest BCUT2D eigenvalue weighted by Crippen LogP contribution is 2.43. The Hall–Kier alpha value is -0.270. The van der Waals surface area contributed by atoms with E-state index < -0.39 is 0 Å². The summed E-state index contributed by atoms with van der Waals surface area (Å²) >= 11 is 14.8. The van der Waals surface area contributed by atoms with Gasteiger partial charge in [0, 0.05) is 30.1 Å². The molecule has 0 fully saturated rings. The molecule has 24 heavy (non-hydrogen) atoms. The number of hydrogen-bond acceptors (Lipinski definition) is 3. The topological polar surface area (TPSA) is 63.4 Å². The lowest BCUT2D eigenvalue weighted by Gasteiger charge is -2.13. The van der Waals surface area contributed by atoms with Crippen LogP contribution in [0.25, 0.3) is 10.9 Å². The molecule has 1 aliphatic rings. The fourth-order valence-electron chi connectivity index (χ4n) is 2.97. The van der Waals surface area contributed by atoms with Gasteiger partial charge in [-0.1, -0.05) is 23.2 Å². The zero-order chi connectivity index (χ0) is 17.3. The Morgan fingerprint density at radius 2 is 2.21 bits per heavy atom. The van der Waals surface area contributed by atoms with E-state index in [1.165, 1.54) is 0 Å². The summed E-state index contributed by atoms with van der Waals surface area (Å²) < 4.78 is 11.2. The lowest BCUT2D eigenvalue weighted by Crippen LogP contribution is -2.26. The third kappa shape index (κ3) is 3.49. The van der Waals surface area contributed by atoms with Crippen molar-refractivity contribution >= 4 is 68.5 Å². The second-order valence-corrected chi connectivity index (χ2v) is 8.02. The predicted octanol–water partition coefficient (Wildman–Crippen LogP) is 4.59. The molecule has 1 amide bonds. The molecule has 1 aromatic heterocycles. The average Bonchev–Trinajstić information content (AvgIpc) is 2.88. The van der Waals surface area contributed by atoms with E-state index >= 15 is 0 Å². The number of halogens is 3. The SMILES string of the molecule is CC1C(=O)NCCc2[nH]c3c(Cl)c(Cl)cc(OCCOPI)c3c21. The molecule has 2 N–H and O–H groups in total. The number of carbonyl (C=O) groups excluding carboxylic acids is 1. The second-order valence-electron chi connectivity index (χ2n) is 5.47. The lowest BCUT2D eigenvalue weighted by atomic mass is 9.96. The zero-order valence-corrected chi connectivity index (χ0v) is 17.5. The first kappa shape index (κ1) is 18.5. The summed E-state index contributed by atoms with van der Waals surface area (Å²) in [6, 6.07) is 1.71. The zero-order valence-electron chi connectivity index (χ0n) is 12.8. The summed E-state index contributed by atoms with van der Waals surface area (Å²) in [5.74, 6) is 0.336. The molecule has 2 heterocycles. The number of fused-ring (bicyclic) bond motifs is 3. The largest absolute Gasteiger partial charge is 0.490 e. The van der Waals surface area contributed by atoms with Crippen molar-refractivity contribution in [2.45, 2.75) is 19.3 Å². The van der Waals surface area contributed by atoms with Gasteiger partial charge in [-0.15, -0.1) is 0 Å². The maximum absolute atomic E-state index is 12.2. The molecular weight excluding hydrogens is 485 g/mol. The Morgan fingerprint density at radius 1 is 1.42 bits per heavy atom. The number of aromatic amines is 1. The molecule has 0 saturated heterocycles. The fraction of sp³-hybridized carbons (Fsp3) is 0.400. The Labute approximate surface area is 164 Å². The van der Waals surface area contributed by atoms with Crippen molar-refractivity contribution in [2.24, 2.45) is 0 Å². The number of H-pyrrole nitrogens is 1. The van der Waals surface area contributed by atoms with Gasteiger partial charge in [-0.05, 0) is 34.5 Å². The van der Waals surface area contributed by atoms with Crippen LogP contribution in [0.1, 0.15) is 24.1 Å². The molecule has 0 spiro atoms. The number of carbonyl (C=O) groups is 1. The van der Waals surface area contributed by atoms with E-state index in [1.54, 1.807) is 6.07 Å². The highest BCUT2D eigenvalue weighted by atomic mass is 127. The van der Waals surface area contributed by atoms with Crippen LogP contribution in [0.5, 0.6) is 5.75 Å². The van der Waals surface area contributed by atoms with Crippen LogP contribution < -0.4 is 10.1 Å². The minimum atomic E-state index is -0.289. The van der Waals surface area contributed by atoms with Crippen LogP contribution in [-0.2, 0) is 15.7 Å². The van der Waals surface area contributed by atoms with Crippen molar-refractivity contribution in [3.8, 4) is 5.75 Å². The van der Waals surface area contributed by atoms with Gasteiger partial charge in [-0.2, -0.15) is 0 Å². The summed E-state index contributed by atoms with van der Waals surface area (Å²) in [5.41, 5.74) is 2.66. The van der Waals surface area contributed by atoms with Gasteiger partial charge in [0.25, 0.3) is 0 Å². The molecule has 0 radical (unpaired) electrons. The van der Waals surface area contributed by atoms with Gasteiger partial charge in [0.1, 0.15) is 12.4 Å². The monoisotopic (exact) mass is 500 g/mol. The van der Waals surface area contributed by atoms with E-state index in [9.17, 15) is 4.79 Å². The second kappa shape index (κ2) is 7.96. The Balaban J connectivity index is 2.11. The molecule has 0 aliphatic carbocycles. The Kier molecular flexibility index (Phi) is 6.14. The van der Waals surface area contributed by atoms with E-state index in [0.717, 1.165) is 22.2 Å². The van der Waals surface area contributed by atoms with E-state index in [2.05, 4.69) is 32.3 Å². The van der Waals surface area contributed by atoms with Crippen molar-refractivity contribution in [1.29, 1.82) is 0 Å². The highest BCUT2D eigenvalue weighted by molar-refractivity contribution is 14.2. The third-order valence-electron chi connectivity index (χ3n) is 4.05. The van der Waals surface area contributed by atoms with Crippen LogP contribution in [-0.4, -0.2) is 30.6 Å². The highest BCUT2D eigenvalue weighted by Gasteiger charge is 2.29. The summed E-state index contributed by atoms with van der Waals surface area (Å²) in [6.07, 6.45) is 0.715. The number of hydrogen-bond donors (Lipinski definition) is 2. The van der Waals surface area contributed by atoms with Gasteiger partial charge >= 0.3 is 0 Å². The average molecular weight is 501 g/mol. The van der Waals surface area contributed by atoms with Crippen LogP contribution >= 0.6 is 51.7 Å². The normalized spacial score (nSPS) is 18.0. The maximum Gasteiger partial charge on any atom is 0.227 e. The number of amides is 1.